The molecule has 4 aromatic carbocycles. The quantitative estimate of drug-likeness (QED) is 0.0328. The van der Waals surface area contributed by atoms with Crippen molar-refractivity contribution in [2.75, 3.05) is 0 Å². The summed E-state index contributed by atoms with van der Waals surface area (Å²) in [5.74, 6) is 0. The van der Waals surface area contributed by atoms with Crippen LogP contribution in [-0.4, -0.2) is 42.8 Å². The third-order valence-electron chi connectivity index (χ3n) is 16.5. The summed E-state index contributed by atoms with van der Waals surface area (Å²) in [6.45, 7) is 34.5. The number of hydrogen-bond donors (Lipinski definition) is 0. The molecule has 0 aliphatic heterocycles. The fraction of sp³-hybridized carbons (Fsp3) is 0.619. The Bertz CT molecular complexity index is 1840. The van der Waals surface area contributed by atoms with Gasteiger partial charge in [-0.2, -0.15) is 0 Å². The number of nitrogens with zero attached hydrogens (tertiary/aromatic N) is 1. The first-order chi connectivity index (χ1) is 33.9. The monoisotopic (exact) mass is 1050 g/mol. The molecule has 0 aliphatic carbocycles. The second kappa shape index (κ2) is 30.8. The molecule has 0 heterocycles. The zero-order chi connectivity index (χ0) is 51.2. The van der Waals surface area contributed by atoms with Gasteiger partial charge in [0.05, 0.1) is 32.3 Å². The summed E-state index contributed by atoms with van der Waals surface area (Å²) in [6.07, 6.45) is 15.5. The fourth-order valence-corrected chi connectivity index (χ4v) is 42.2. The van der Waals surface area contributed by atoms with Crippen LogP contribution in [0.25, 0.3) is 0 Å². The van der Waals surface area contributed by atoms with E-state index in [4.69, 9.17) is 0 Å². The molecule has 0 aliphatic rings. The lowest BCUT2D eigenvalue weighted by atomic mass is 10.3. The third-order valence-corrected chi connectivity index (χ3v) is 46.1. The topological polar surface area (TPSA) is 3.24 Å². The van der Waals surface area contributed by atoms with Crippen LogP contribution in [0.5, 0.6) is 0 Å². The summed E-state index contributed by atoms with van der Waals surface area (Å²) < 4.78 is 3.14. The first kappa shape index (κ1) is 61.1. The molecule has 0 saturated heterocycles. The zero-order valence-electron chi connectivity index (χ0n) is 48.1. The van der Waals surface area contributed by atoms with Gasteiger partial charge in [0.25, 0.3) is 0 Å². The average molecular weight is 1050 g/mol. The van der Waals surface area contributed by atoms with Gasteiger partial charge in [0.1, 0.15) is 0 Å². The Morgan fingerprint density at radius 1 is 0.300 bits per heavy atom. The van der Waals surface area contributed by atoms with E-state index in [1.807, 2.05) is 0 Å². The van der Waals surface area contributed by atoms with Crippen molar-refractivity contribution < 1.29 is 0 Å². The standard InChI is InChI=1S/C63H107NP2Si4/c1-15-41-67(42-16-2,43-17-3)60-37-33-56(34-38-60)65(57-35-39-61(40-36-57)68(44-18-4,45-19-5)46-20-6)64(55(13)14)66(58-29-27-31-62(53-58)69(47-21-7,48-22-8)49-23-9)59-30-28-32-63(54-59)70(50-24-10,51-25-11)52-26-12/h27-40,53-55H,15-26,41-52H2,1-14H3. The van der Waals surface area contributed by atoms with Gasteiger partial charge in [0.15, 0.2) is 0 Å². The van der Waals surface area contributed by atoms with Gasteiger partial charge in [0.2, 0.25) is 0 Å². The highest BCUT2D eigenvalue weighted by molar-refractivity contribution is 7.84. The highest BCUT2D eigenvalue weighted by Gasteiger charge is 2.40. The van der Waals surface area contributed by atoms with Gasteiger partial charge in [-0.05, 0) is 35.1 Å². The maximum Gasteiger partial charge on any atom is 0.0867 e. The van der Waals surface area contributed by atoms with Crippen LogP contribution in [0.4, 0.5) is 0 Å². The first-order valence-electron chi connectivity index (χ1n) is 29.7. The lowest BCUT2D eigenvalue weighted by molar-refractivity contribution is 0.583. The van der Waals surface area contributed by atoms with E-state index < -0.39 is 48.4 Å². The van der Waals surface area contributed by atoms with Crippen molar-refractivity contribution in [1.29, 1.82) is 0 Å². The van der Waals surface area contributed by atoms with E-state index in [2.05, 4.69) is 198 Å². The van der Waals surface area contributed by atoms with Gasteiger partial charge >= 0.3 is 0 Å². The second-order valence-electron chi connectivity index (χ2n) is 22.4. The predicted octanol–water partition coefficient (Wildman–Crippen LogP) is 17.3. The normalized spacial score (nSPS) is 12.9. The molecule has 0 aromatic heterocycles. The minimum absolute atomic E-state index is 0.347. The SMILES string of the molecule is CCC[Si](CCC)(CCC)c1ccc(P(c2ccc([Si](CCC)(CCC)CCC)cc2)N(C(C)C)P(c2cccc([Si](CCC)(CCC)CCC)c2)c2cccc([Si](CCC)(CCC)CCC)c2)cc1. The number of benzene rings is 4. The summed E-state index contributed by atoms with van der Waals surface area (Å²) in [5, 5.41) is 13.2. The molecule has 4 rings (SSSR count). The molecular weight excluding hydrogens is 945 g/mol. The molecule has 0 saturated carbocycles. The van der Waals surface area contributed by atoms with Crippen LogP contribution in [0.1, 0.15) is 174 Å². The van der Waals surface area contributed by atoms with E-state index in [1.165, 1.54) is 150 Å². The van der Waals surface area contributed by atoms with Crippen molar-refractivity contribution in [3.63, 3.8) is 0 Å². The molecule has 70 heavy (non-hydrogen) atoms. The van der Waals surface area contributed by atoms with Crippen molar-refractivity contribution in [3.05, 3.63) is 97.1 Å². The van der Waals surface area contributed by atoms with Gasteiger partial charge in [-0.3, -0.25) is 0 Å². The molecule has 0 atom stereocenters. The fourth-order valence-electron chi connectivity index (χ4n) is 14.1. The van der Waals surface area contributed by atoms with E-state index in [-0.39, 0.29) is 0 Å². The molecular formula is C63H107NP2Si4. The summed E-state index contributed by atoms with van der Waals surface area (Å²) in [6, 6.07) is 59.7. The van der Waals surface area contributed by atoms with E-state index in [1.54, 1.807) is 42.0 Å². The van der Waals surface area contributed by atoms with E-state index in [0.717, 1.165) is 0 Å². The lowest BCUT2D eigenvalue weighted by Crippen LogP contribution is -2.49. The highest BCUT2D eigenvalue weighted by Crippen LogP contribution is 2.56. The molecule has 0 fully saturated rings. The Balaban J connectivity index is 2.19. The van der Waals surface area contributed by atoms with Crippen LogP contribution in [0, 0.1) is 0 Å². The molecule has 0 amide bonds. The van der Waals surface area contributed by atoms with Gasteiger partial charge in [0, 0.05) is 22.2 Å². The molecule has 0 spiro atoms. The number of rotatable bonds is 35. The summed E-state index contributed by atoms with van der Waals surface area (Å²) >= 11 is 0. The first-order valence-corrected chi connectivity index (χ1v) is 42.8. The molecule has 4 aromatic rings. The molecule has 0 N–H and O–H groups in total. The molecule has 7 heteroatoms. The zero-order valence-corrected chi connectivity index (χ0v) is 53.9. The van der Waals surface area contributed by atoms with E-state index in [9.17, 15) is 0 Å². The Labute approximate surface area is 441 Å². The van der Waals surface area contributed by atoms with Gasteiger partial charge in [-0.25, -0.2) is 4.44 Å². The van der Waals surface area contributed by atoms with Gasteiger partial charge < -0.3 is 0 Å². The van der Waals surface area contributed by atoms with Crippen LogP contribution in [0.15, 0.2) is 97.1 Å². The Hall–Kier alpha value is -1.43. The van der Waals surface area contributed by atoms with Crippen LogP contribution < -0.4 is 42.0 Å². The van der Waals surface area contributed by atoms with Crippen LogP contribution >= 0.6 is 16.1 Å². The molecule has 0 unspecified atom stereocenters. The molecule has 390 valence electrons. The maximum absolute atomic E-state index is 3.14. The van der Waals surface area contributed by atoms with Crippen LogP contribution in [0.3, 0.4) is 0 Å². The Morgan fingerprint density at radius 2 is 0.529 bits per heavy atom. The largest absolute Gasteiger partial charge is 0.242 e. The molecule has 0 bridgehead atoms. The predicted molar refractivity (Wildman–Crippen MR) is 338 cm³/mol. The van der Waals surface area contributed by atoms with Crippen molar-refractivity contribution in [2.24, 2.45) is 0 Å². The van der Waals surface area contributed by atoms with E-state index >= 15 is 0 Å². The molecule has 0 radical (unpaired) electrons. The Morgan fingerprint density at radius 3 is 0.757 bits per heavy atom. The van der Waals surface area contributed by atoms with Gasteiger partial charge in [-0.1, -0.05) is 350 Å². The smallest absolute Gasteiger partial charge is 0.0867 e. The molecule has 1 nitrogen and oxygen atoms in total. The van der Waals surface area contributed by atoms with Crippen LogP contribution in [0.2, 0.25) is 72.5 Å². The van der Waals surface area contributed by atoms with Gasteiger partial charge in [-0.15, -0.1) is 0 Å². The second-order valence-corrected chi connectivity index (χ2v) is 45.4. The highest BCUT2D eigenvalue weighted by atomic mass is 31.2. The minimum atomic E-state index is -1.72. The summed E-state index contributed by atoms with van der Waals surface area (Å²) in [4.78, 5) is 0. The Kier molecular flexibility index (Phi) is 26.9. The third kappa shape index (κ3) is 14.9. The maximum atomic E-state index is 3.14. The lowest BCUT2D eigenvalue weighted by Gasteiger charge is -2.43. The van der Waals surface area contributed by atoms with Crippen molar-refractivity contribution in [3.8, 4) is 0 Å². The number of hydrogen-bond acceptors (Lipinski definition) is 1. The van der Waals surface area contributed by atoms with E-state index in [0.29, 0.717) is 6.04 Å². The minimum Gasteiger partial charge on any atom is -0.242 e. The van der Waals surface area contributed by atoms with Crippen molar-refractivity contribution in [1.82, 2.24) is 4.44 Å². The summed E-state index contributed by atoms with van der Waals surface area (Å²) in [5.41, 5.74) is 0. The van der Waals surface area contributed by atoms with Crippen molar-refractivity contribution >= 4 is 90.4 Å². The summed E-state index contributed by atoms with van der Waals surface area (Å²) in [7, 11) is -8.45. The van der Waals surface area contributed by atoms with Crippen molar-refractivity contribution in [2.45, 2.75) is 253 Å². The van der Waals surface area contributed by atoms with Crippen LogP contribution in [-0.2, 0) is 0 Å². The average Bonchev–Trinajstić information content (AvgIpc) is 3.35.